The van der Waals surface area contributed by atoms with Crippen LogP contribution in [-0.4, -0.2) is 27.5 Å². The van der Waals surface area contributed by atoms with E-state index in [4.69, 9.17) is 0 Å². The smallest absolute Gasteiger partial charge is 0.130 e. The zero-order valence-corrected chi connectivity index (χ0v) is 12.3. The number of thiocarbonyl (C=S) groups is 2. The van der Waals surface area contributed by atoms with Gasteiger partial charge in [0.2, 0.25) is 0 Å². The molecular weight excluding hydrogens is 272 g/mol. The molecule has 2 N–H and O–H groups in total. The van der Waals surface area contributed by atoms with E-state index in [1.165, 1.54) is 6.42 Å². The summed E-state index contributed by atoms with van der Waals surface area (Å²) in [7, 11) is 0. The highest BCUT2D eigenvalue weighted by Gasteiger charge is 1.87. The SMILES string of the molecule is CCCS.S=C(S)NCCNC(=S)S. The molecular formula is C7H16N2S5. The fourth-order valence-electron chi connectivity index (χ4n) is 0.339. The van der Waals surface area contributed by atoms with E-state index in [1.54, 1.807) is 0 Å². The van der Waals surface area contributed by atoms with Gasteiger partial charge in [0.15, 0.2) is 0 Å². The highest BCUT2D eigenvalue weighted by molar-refractivity contribution is 8.11. The summed E-state index contributed by atoms with van der Waals surface area (Å²) in [6.45, 7) is 3.53. The van der Waals surface area contributed by atoms with Crippen LogP contribution in [-0.2, 0) is 0 Å². The van der Waals surface area contributed by atoms with Gasteiger partial charge in [-0.3, -0.25) is 0 Å². The first kappa shape index (κ1) is 17.2. The molecule has 84 valence electrons. The Hall–Kier alpha value is 0.830. The molecule has 2 nitrogen and oxygen atoms in total. The van der Waals surface area contributed by atoms with E-state index >= 15 is 0 Å². The van der Waals surface area contributed by atoms with E-state index < -0.39 is 0 Å². The van der Waals surface area contributed by atoms with Crippen molar-refractivity contribution in [3.63, 3.8) is 0 Å². The lowest BCUT2D eigenvalue weighted by atomic mass is 10.6. The van der Waals surface area contributed by atoms with Crippen molar-refractivity contribution in [3.8, 4) is 0 Å². The van der Waals surface area contributed by atoms with E-state index in [-0.39, 0.29) is 0 Å². The summed E-state index contributed by atoms with van der Waals surface area (Å²) in [5.41, 5.74) is 0. The Kier molecular flexibility index (Phi) is 17.0. The molecule has 0 fully saturated rings. The molecule has 0 radical (unpaired) electrons. The van der Waals surface area contributed by atoms with Gasteiger partial charge in [-0.15, -0.1) is 25.3 Å². The minimum absolute atomic E-state index is 0.492. The molecule has 0 spiro atoms. The molecule has 0 aromatic carbocycles. The van der Waals surface area contributed by atoms with Crippen molar-refractivity contribution >= 4 is 71.0 Å². The van der Waals surface area contributed by atoms with Crippen molar-refractivity contribution < 1.29 is 0 Å². The minimum Gasteiger partial charge on any atom is -0.369 e. The Morgan fingerprint density at radius 1 is 1.07 bits per heavy atom. The van der Waals surface area contributed by atoms with E-state index in [1.807, 2.05) is 0 Å². The molecule has 0 heterocycles. The van der Waals surface area contributed by atoms with Crippen LogP contribution in [0.2, 0.25) is 0 Å². The lowest BCUT2D eigenvalue weighted by Crippen LogP contribution is -2.29. The maximum atomic E-state index is 4.65. The molecule has 7 heteroatoms. The second-order valence-corrected chi connectivity index (χ2v) is 4.95. The average Bonchev–Trinajstić information content (AvgIpc) is 2.12. The molecule has 14 heavy (non-hydrogen) atoms. The molecule has 0 saturated heterocycles. The number of thiol groups is 3. The Morgan fingerprint density at radius 3 is 1.50 bits per heavy atom. The van der Waals surface area contributed by atoms with Crippen molar-refractivity contribution in [1.82, 2.24) is 10.6 Å². The maximum Gasteiger partial charge on any atom is 0.130 e. The largest absolute Gasteiger partial charge is 0.369 e. The second-order valence-electron chi connectivity index (χ2n) is 2.19. The summed E-state index contributed by atoms with van der Waals surface area (Å²) in [6.07, 6.45) is 1.18. The normalized spacial score (nSPS) is 8.29. The number of hydrogen-bond donors (Lipinski definition) is 5. The molecule has 0 aromatic heterocycles. The summed E-state index contributed by atoms with van der Waals surface area (Å²) in [5.74, 6) is 1.01. The first-order chi connectivity index (χ1) is 6.54. The predicted octanol–water partition coefficient (Wildman–Crippen LogP) is 1.92. The van der Waals surface area contributed by atoms with Gasteiger partial charge in [-0.25, -0.2) is 0 Å². The van der Waals surface area contributed by atoms with Crippen LogP contribution < -0.4 is 10.6 Å². The van der Waals surface area contributed by atoms with Crippen LogP contribution in [0.3, 0.4) is 0 Å². The summed E-state index contributed by atoms with van der Waals surface area (Å²) >= 11 is 20.9. The first-order valence-electron chi connectivity index (χ1n) is 4.09. The Morgan fingerprint density at radius 2 is 1.36 bits per heavy atom. The summed E-state index contributed by atoms with van der Waals surface area (Å²) in [4.78, 5) is 0. The van der Waals surface area contributed by atoms with Crippen LogP contribution in [0, 0.1) is 0 Å². The van der Waals surface area contributed by atoms with Crippen molar-refractivity contribution in [3.05, 3.63) is 0 Å². The Bertz CT molecular complexity index is 144. The molecule has 0 aliphatic rings. The van der Waals surface area contributed by atoms with Gasteiger partial charge in [-0.05, 0) is 12.2 Å². The van der Waals surface area contributed by atoms with Crippen LogP contribution in [0.1, 0.15) is 13.3 Å². The molecule has 0 saturated carbocycles. The Balaban J connectivity index is 0. The third-order valence-corrected chi connectivity index (χ3v) is 1.95. The van der Waals surface area contributed by atoms with Gasteiger partial charge in [-0.1, -0.05) is 31.4 Å². The van der Waals surface area contributed by atoms with Crippen molar-refractivity contribution in [1.29, 1.82) is 0 Å². The quantitative estimate of drug-likeness (QED) is 0.310. The standard InChI is InChI=1S/C4H8N2S4.C3H8S/c7-3(8)5-1-2-6-4(9)10;1-2-3-4/h1-2H2,(H2,5,7,8)(H2,6,9,10);4H,2-3H2,1H3. The van der Waals surface area contributed by atoms with Gasteiger partial charge in [0.25, 0.3) is 0 Å². The Labute approximate surface area is 113 Å². The van der Waals surface area contributed by atoms with Crippen molar-refractivity contribution in [2.75, 3.05) is 18.8 Å². The zero-order chi connectivity index (χ0) is 11.4. The van der Waals surface area contributed by atoms with Gasteiger partial charge in [0.1, 0.15) is 8.64 Å². The van der Waals surface area contributed by atoms with Gasteiger partial charge >= 0.3 is 0 Å². The molecule has 0 unspecified atom stereocenters. The topological polar surface area (TPSA) is 24.1 Å². The van der Waals surface area contributed by atoms with Gasteiger partial charge in [0, 0.05) is 13.1 Å². The minimum atomic E-state index is 0.492. The van der Waals surface area contributed by atoms with Crippen LogP contribution in [0.5, 0.6) is 0 Å². The van der Waals surface area contributed by atoms with Crippen molar-refractivity contribution in [2.24, 2.45) is 0 Å². The van der Waals surface area contributed by atoms with Crippen LogP contribution >= 0.6 is 62.3 Å². The molecule has 0 amide bonds. The van der Waals surface area contributed by atoms with Gasteiger partial charge < -0.3 is 10.6 Å². The highest BCUT2D eigenvalue weighted by atomic mass is 32.1. The zero-order valence-electron chi connectivity index (χ0n) is 7.99. The van der Waals surface area contributed by atoms with E-state index in [2.05, 4.69) is 79.9 Å². The third kappa shape index (κ3) is 23.0. The number of hydrogen-bond acceptors (Lipinski definition) is 3. The molecule has 0 aliphatic heterocycles. The first-order valence-corrected chi connectivity index (χ1v) is 6.43. The van der Waals surface area contributed by atoms with E-state index in [0.717, 1.165) is 5.75 Å². The highest BCUT2D eigenvalue weighted by Crippen LogP contribution is 1.77. The summed E-state index contributed by atoms with van der Waals surface area (Å²) in [5, 5.41) is 5.68. The predicted molar refractivity (Wildman–Crippen MR) is 83.3 cm³/mol. The fraction of sp³-hybridized carbons (Fsp3) is 0.714. The molecule has 0 bridgehead atoms. The van der Waals surface area contributed by atoms with Crippen molar-refractivity contribution in [2.45, 2.75) is 13.3 Å². The summed E-state index contributed by atoms with van der Waals surface area (Å²) in [6, 6.07) is 0. The molecule has 0 aromatic rings. The van der Waals surface area contributed by atoms with Crippen LogP contribution in [0.4, 0.5) is 0 Å². The lowest BCUT2D eigenvalue weighted by molar-refractivity contribution is 0.834. The summed E-state index contributed by atoms with van der Waals surface area (Å²) < 4.78 is 0.985. The fourth-order valence-corrected chi connectivity index (χ4v) is 0.767. The number of nitrogens with one attached hydrogen (secondary N) is 2. The molecule has 0 aliphatic carbocycles. The van der Waals surface area contributed by atoms with Gasteiger partial charge in [-0.2, -0.15) is 12.6 Å². The van der Waals surface area contributed by atoms with E-state index in [9.17, 15) is 0 Å². The van der Waals surface area contributed by atoms with Gasteiger partial charge in [0.05, 0.1) is 0 Å². The lowest BCUT2D eigenvalue weighted by Gasteiger charge is -2.03. The van der Waals surface area contributed by atoms with Crippen LogP contribution in [0.25, 0.3) is 0 Å². The molecule has 0 atom stereocenters. The van der Waals surface area contributed by atoms with Crippen LogP contribution in [0.15, 0.2) is 0 Å². The maximum absolute atomic E-state index is 4.65. The monoisotopic (exact) mass is 288 g/mol. The third-order valence-electron chi connectivity index (χ3n) is 0.901. The second kappa shape index (κ2) is 13.8. The average molecular weight is 289 g/mol. The number of rotatable bonds is 4. The van der Waals surface area contributed by atoms with E-state index in [0.29, 0.717) is 21.7 Å². The molecule has 0 rings (SSSR count).